The molecule has 0 saturated heterocycles. The Morgan fingerprint density at radius 2 is 2.00 bits per heavy atom. The number of ketones is 1. The summed E-state index contributed by atoms with van der Waals surface area (Å²) in [5, 5.41) is 0. The number of ether oxygens (including phenoxy) is 1. The number of rotatable bonds is 3. The third-order valence-corrected chi connectivity index (χ3v) is 3.01. The van der Waals surface area contributed by atoms with Gasteiger partial charge in [-0.2, -0.15) is 0 Å². The number of hydrogen-bond acceptors (Lipinski definition) is 4. The van der Waals surface area contributed by atoms with Crippen molar-refractivity contribution in [3.8, 4) is 0 Å². The molecule has 0 bridgehead atoms. The molecule has 19 heavy (non-hydrogen) atoms. The summed E-state index contributed by atoms with van der Waals surface area (Å²) in [5.74, 6) is -0.895. The van der Waals surface area contributed by atoms with Crippen LogP contribution in [-0.2, 0) is 4.74 Å². The summed E-state index contributed by atoms with van der Waals surface area (Å²) in [5.41, 5.74) is 0.709. The van der Waals surface area contributed by atoms with Crippen molar-refractivity contribution in [1.82, 2.24) is 4.98 Å². The minimum Gasteiger partial charge on any atom is -0.465 e. The summed E-state index contributed by atoms with van der Waals surface area (Å²) in [6, 6.07) is 10.0. The molecule has 1 aromatic carbocycles. The monoisotopic (exact) mass is 319 g/mol. The third-order valence-electron chi connectivity index (χ3n) is 2.51. The minimum absolute atomic E-state index is 0.0902. The van der Waals surface area contributed by atoms with E-state index >= 15 is 0 Å². The molecule has 96 valence electrons. The van der Waals surface area contributed by atoms with Gasteiger partial charge in [-0.05, 0) is 24.3 Å². The smallest absolute Gasteiger partial charge is 0.340 e. The first kappa shape index (κ1) is 13.4. The molecule has 2 rings (SSSR count). The average molecular weight is 320 g/mol. The predicted molar refractivity (Wildman–Crippen MR) is 73.2 cm³/mol. The fraction of sp³-hybridized carbons (Fsp3) is 0.0714. The van der Waals surface area contributed by atoms with E-state index in [0.717, 1.165) is 4.47 Å². The van der Waals surface area contributed by atoms with Gasteiger partial charge in [0.05, 0.1) is 12.7 Å². The molecule has 0 amide bonds. The number of aromatic nitrogens is 1. The Morgan fingerprint density at radius 1 is 1.21 bits per heavy atom. The minimum atomic E-state index is -0.577. The van der Waals surface area contributed by atoms with Gasteiger partial charge in [0.2, 0.25) is 5.78 Å². The van der Waals surface area contributed by atoms with Crippen LogP contribution in [0.15, 0.2) is 47.1 Å². The maximum Gasteiger partial charge on any atom is 0.340 e. The van der Waals surface area contributed by atoms with Crippen molar-refractivity contribution in [2.75, 3.05) is 7.11 Å². The Morgan fingerprint density at radius 3 is 2.68 bits per heavy atom. The summed E-state index contributed by atoms with van der Waals surface area (Å²) in [4.78, 5) is 27.9. The first-order valence-corrected chi connectivity index (χ1v) is 6.26. The number of carbonyl (C=O) groups excluding carboxylic acids is 2. The molecule has 1 heterocycles. The van der Waals surface area contributed by atoms with Gasteiger partial charge >= 0.3 is 5.97 Å². The Bertz CT molecular complexity index is 640. The zero-order valence-electron chi connectivity index (χ0n) is 10.1. The van der Waals surface area contributed by atoms with Crippen molar-refractivity contribution in [1.29, 1.82) is 0 Å². The second-order valence-electron chi connectivity index (χ2n) is 3.73. The van der Waals surface area contributed by atoms with E-state index in [0.29, 0.717) is 5.56 Å². The van der Waals surface area contributed by atoms with Gasteiger partial charge in [0, 0.05) is 16.2 Å². The number of nitrogens with zero attached hydrogens (tertiary/aromatic N) is 1. The van der Waals surface area contributed by atoms with Crippen molar-refractivity contribution in [2.45, 2.75) is 0 Å². The third kappa shape index (κ3) is 2.88. The van der Waals surface area contributed by atoms with Crippen LogP contribution in [0.5, 0.6) is 0 Å². The maximum absolute atomic E-state index is 12.3. The molecule has 0 spiro atoms. The Kier molecular flexibility index (Phi) is 4.06. The largest absolute Gasteiger partial charge is 0.465 e. The Labute approximate surface area is 118 Å². The van der Waals surface area contributed by atoms with Crippen LogP contribution in [0.4, 0.5) is 0 Å². The molecule has 2 aromatic rings. The maximum atomic E-state index is 12.3. The lowest BCUT2D eigenvalue weighted by molar-refractivity contribution is 0.0597. The second kappa shape index (κ2) is 5.75. The molecule has 0 fully saturated rings. The van der Waals surface area contributed by atoms with Crippen LogP contribution >= 0.6 is 15.9 Å². The standard InChI is InChI=1S/C14H10BrNO3/c1-19-14(18)11-6-3-7-16-12(11)13(17)9-4-2-5-10(15)8-9/h2-8H,1H3. The van der Waals surface area contributed by atoms with Crippen LogP contribution in [0.3, 0.4) is 0 Å². The number of carbonyl (C=O) groups is 2. The quantitative estimate of drug-likeness (QED) is 0.644. The van der Waals surface area contributed by atoms with Crippen molar-refractivity contribution in [3.05, 3.63) is 63.9 Å². The molecule has 5 heteroatoms. The molecule has 0 radical (unpaired) electrons. The van der Waals surface area contributed by atoms with Gasteiger partial charge in [-0.25, -0.2) is 4.79 Å². The molecule has 0 atom stereocenters. The summed E-state index contributed by atoms with van der Waals surface area (Å²) >= 11 is 3.30. The molecular weight excluding hydrogens is 310 g/mol. The summed E-state index contributed by atoms with van der Waals surface area (Å²) in [7, 11) is 1.27. The van der Waals surface area contributed by atoms with Crippen LogP contribution in [0.25, 0.3) is 0 Å². The Hall–Kier alpha value is -2.01. The lowest BCUT2D eigenvalue weighted by Gasteiger charge is -2.06. The molecule has 0 saturated carbocycles. The highest BCUT2D eigenvalue weighted by Crippen LogP contribution is 2.17. The van der Waals surface area contributed by atoms with Gasteiger partial charge < -0.3 is 4.74 Å². The van der Waals surface area contributed by atoms with Gasteiger partial charge in [0.25, 0.3) is 0 Å². The van der Waals surface area contributed by atoms with Gasteiger partial charge in [-0.3, -0.25) is 9.78 Å². The van der Waals surface area contributed by atoms with E-state index in [1.165, 1.54) is 19.4 Å². The first-order valence-electron chi connectivity index (χ1n) is 5.47. The highest BCUT2D eigenvalue weighted by atomic mass is 79.9. The van der Waals surface area contributed by atoms with Gasteiger partial charge in [0.1, 0.15) is 5.69 Å². The van der Waals surface area contributed by atoms with Crippen LogP contribution in [-0.4, -0.2) is 23.8 Å². The van der Waals surface area contributed by atoms with Crippen LogP contribution in [0.2, 0.25) is 0 Å². The normalized spacial score (nSPS) is 10.0. The van der Waals surface area contributed by atoms with Crippen molar-refractivity contribution in [3.63, 3.8) is 0 Å². The molecule has 0 unspecified atom stereocenters. The van der Waals surface area contributed by atoms with E-state index in [1.807, 2.05) is 6.07 Å². The van der Waals surface area contributed by atoms with Crippen LogP contribution in [0, 0.1) is 0 Å². The molecular formula is C14H10BrNO3. The van der Waals surface area contributed by atoms with Crippen LogP contribution < -0.4 is 0 Å². The summed E-state index contributed by atoms with van der Waals surface area (Å²) in [6.45, 7) is 0. The van der Waals surface area contributed by atoms with Gasteiger partial charge in [0.15, 0.2) is 0 Å². The number of halogens is 1. The highest BCUT2D eigenvalue weighted by Gasteiger charge is 2.20. The zero-order valence-corrected chi connectivity index (χ0v) is 11.7. The molecule has 0 aliphatic rings. The first-order chi connectivity index (χ1) is 9.13. The molecule has 0 aliphatic carbocycles. The second-order valence-corrected chi connectivity index (χ2v) is 4.65. The molecule has 1 aromatic heterocycles. The highest BCUT2D eigenvalue weighted by molar-refractivity contribution is 9.10. The average Bonchev–Trinajstić information content (AvgIpc) is 2.45. The molecule has 0 aliphatic heterocycles. The topological polar surface area (TPSA) is 56.3 Å². The number of hydrogen-bond donors (Lipinski definition) is 0. The fourth-order valence-corrected chi connectivity index (χ4v) is 2.03. The summed E-state index contributed by atoms with van der Waals surface area (Å²) in [6.07, 6.45) is 1.47. The number of benzene rings is 1. The van der Waals surface area contributed by atoms with E-state index in [1.54, 1.807) is 24.3 Å². The van der Waals surface area contributed by atoms with Crippen LogP contribution in [0.1, 0.15) is 26.4 Å². The van der Waals surface area contributed by atoms with Crippen molar-refractivity contribution in [2.24, 2.45) is 0 Å². The van der Waals surface area contributed by atoms with E-state index < -0.39 is 5.97 Å². The van der Waals surface area contributed by atoms with E-state index in [9.17, 15) is 9.59 Å². The zero-order chi connectivity index (χ0) is 13.8. The summed E-state index contributed by atoms with van der Waals surface area (Å²) < 4.78 is 5.43. The molecule has 4 nitrogen and oxygen atoms in total. The van der Waals surface area contributed by atoms with Crippen molar-refractivity contribution >= 4 is 27.7 Å². The van der Waals surface area contributed by atoms with E-state index in [-0.39, 0.29) is 17.0 Å². The number of methoxy groups -OCH3 is 1. The fourth-order valence-electron chi connectivity index (χ4n) is 1.63. The van der Waals surface area contributed by atoms with Crippen molar-refractivity contribution < 1.29 is 14.3 Å². The predicted octanol–water partition coefficient (Wildman–Crippen LogP) is 2.86. The number of pyridine rings is 1. The SMILES string of the molecule is COC(=O)c1cccnc1C(=O)c1cccc(Br)c1. The van der Waals surface area contributed by atoms with E-state index in [4.69, 9.17) is 0 Å². The van der Waals surface area contributed by atoms with Gasteiger partial charge in [-0.15, -0.1) is 0 Å². The van der Waals surface area contributed by atoms with Gasteiger partial charge in [-0.1, -0.05) is 28.1 Å². The lowest BCUT2D eigenvalue weighted by Crippen LogP contribution is -2.13. The number of esters is 1. The molecule has 0 N–H and O–H groups in total. The van der Waals surface area contributed by atoms with E-state index in [2.05, 4.69) is 25.7 Å². The Balaban J connectivity index is 2.47. The lowest BCUT2D eigenvalue weighted by atomic mass is 10.0.